The SMILES string of the molecule is C1=c2nc(-c3ccc(-c4cccc5c4sc4c(-c6ccccc6)cccc45)cc3)n(-c3ccccc3)c2=CCC1. The molecule has 0 aliphatic heterocycles. The van der Waals surface area contributed by atoms with Gasteiger partial charge >= 0.3 is 0 Å². The smallest absolute Gasteiger partial charge is 0.145 e. The van der Waals surface area contributed by atoms with Gasteiger partial charge in [-0.1, -0.05) is 121 Å². The van der Waals surface area contributed by atoms with Gasteiger partial charge in [-0.2, -0.15) is 0 Å². The zero-order valence-corrected chi connectivity index (χ0v) is 22.7. The van der Waals surface area contributed by atoms with E-state index >= 15 is 0 Å². The minimum absolute atomic E-state index is 0.990. The predicted molar refractivity (Wildman–Crippen MR) is 170 cm³/mol. The van der Waals surface area contributed by atoms with Crippen LogP contribution >= 0.6 is 11.3 Å². The second-order valence-electron chi connectivity index (χ2n) is 10.3. The summed E-state index contributed by atoms with van der Waals surface area (Å²) in [6, 6.07) is 43.6. The quantitative estimate of drug-likeness (QED) is 0.223. The highest BCUT2D eigenvalue weighted by molar-refractivity contribution is 7.26. The number of rotatable bonds is 4. The highest BCUT2D eigenvalue weighted by Crippen LogP contribution is 2.43. The first-order valence-electron chi connectivity index (χ1n) is 13.8. The molecular weight excluding hydrogens is 504 g/mol. The van der Waals surface area contributed by atoms with Crippen LogP contribution in [0.1, 0.15) is 12.8 Å². The molecule has 0 atom stereocenters. The summed E-state index contributed by atoms with van der Waals surface area (Å²) in [4.78, 5) is 5.10. The standard InChI is InChI=1S/C37H26N2S/c1-3-11-25(12-4-1)29-15-9-17-31-32-18-10-16-30(36(32)40-35(29)31)26-21-23-27(24-22-26)37-38-33-19-7-8-20-34(33)39(37)28-13-5-2-6-14-28/h1-6,9-24H,7-8H2. The van der Waals surface area contributed by atoms with E-state index in [-0.39, 0.29) is 0 Å². The van der Waals surface area contributed by atoms with Crippen LogP contribution in [0.15, 0.2) is 121 Å². The number of hydrogen-bond acceptors (Lipinski definition) is 2. The number of thiophene rings is 1. The number of para-hydroxylation sites is 1. The Labute approximate surface area is 236 Å². The molecule has 0 amide bonds. The van der Waals surface area contributed by atoms with Crippen LogP contribution in [-0.2, 0) is 0 Å². The van der Waals surface area contributed by atoms with E-state index in [0.717, 1.165) is 35.3 Å². The Morgan fingerprint density at radius 2 is 1.10 bits per heavy atom. The average molecular weight is 531 g/mol. The number of fused-ring (bicyclic) bond motifs is 4. The van der Waals surface area contributed by atoms with E-state index < -0.39 is 0 Å². The maximum atomic E-state index is 5.10. The van der Waals surface area contributed by atoms with E-state index in [1.807, 2.05) is 11.3 Å². The van der Waals surface area contributed by atoms with Gasteiger partial charge in [-0.05, 0) is 47.2 Å². The summed E-state index contributed by atoms with van der Waals surface area (Å²) in [6.07, 6.45) is 6.68. The Bertz CT molecular complexity index is 2130. The van der Waals surface area contributed by atoms with Gasteiger partial charge in [0.05, 0.1) is 10.7 Å². The highest BCUT2D eigenvalue weighted by atomic mass is 32.1. The summed E-state index contributed by atoms with van der Waals surface area (Å²) in [5.41, 5.74) is 7.33. The molecular formula is C37H26N2S. The molecule has 0 spiro atoms. The lowest BCUT2D eigenvalue weighted by Crippen LogP contribution is -2.31. The van der Waals surface area contributed by atoms with Gasteiger partial charge in [0.25, 0.3) is 0 Å². The van der Waals surface area contributed by atoms with Crippen molar-refractivity contribution in [2.45, 2.75) is 12.8 Å². The number of hydrogen-bond donors (Lipinski definition) is 0. The molecule has 2 heterocycles. The van der Waals surface area contributed by atoms with Crippen molar-refractivity contribution in [3.05, 3.63) is 132 Å². The fraction of sp³-hybridized carbons (Fsp3) is 0.0541. The minimum atomic E-state index is 0.990. The molecule has 190 valence electrons. The Morgan fingerprint density at radius 1 is 0.525 bits per heavy atom. The summed E-state index contributed by atoms with van der Waals surface area (Å²) in [5, 5.41) is 4.92. The molecule has 0 fully saturated rings. The molecule has 0 unspecified atom stereocenters. The second kappa shape index (κ2) is 9.48. The normalized spacial score (nSPS) is 12.7. The van der Waals surface area contributed by atoms with Crippen LogP contribution in [0.25, 0.3) is 71.7 Å². The molecule has 7 aromatic rings. The first kappa shape index (κ1) is 23.2. The Kier molecular flexibility index (Phi) is 5.49. The van der Waals surface area contributed by atoms with Crippen molar-refractivity contribution in [3.8, 4) is 39.3 Å². The Balaban J connectivity index is 1.26. The summed E-state index contributed by atoms with van der Waals surface area (Å²) in [7, 11) is 0. The molecule has 0 saturated carbocycles. The molecule has 2 aromatic heterocycles. The molecule has 5 aromatic carbocycles. The largest absolute Gasteiger partial charge is 0.293 e. The topological polar surface area (TPSA) is 17.8 Å². The lowest BCUT2D eigenvalue weighted by Gasteiger charge is -2.10. The van der Waals surface area contributed by atoms with Crippen LogP contribution < -0.4 is 10.7 Å². The first-order chi connectivity index (χ1) is 19.8. The molecule has 0 saturated heterocycles. The first-order valence-corrected chi connectivity index (χ1v) is 14.6. The van der Waals surface area contributed by atoms with Gasteiger partial charge in [0.2, 0.25) is 0 Å². The fourth-order valence-electron chi connectivity index (χ4n) is 5.96. The van der Waals surface area contributed by atoms with E-state index in [2.05, 4.69) is 138 Å². The fourth-order valence-corrected chi connectivity index (χ4v) is 7.33. The van der Waals surface area contributed by atoms with E-state index in [9.17, 15) is 0 Å². The summed E-state index contributed by atoms with van der Waals surface area (Å²) in [6.45, 7) is 0. The van der Waals surface area contributed by atoms with Crippen molar-refractivity contribution in [2.75, 3.05) is 0 Å². The molecule has 40 heavy (non-hydrogen) atoms. The van der Waals surface area contributed by atoms with E-state index in [1.165, 1.54) is 47.8 Å². The van der Waals surface area contributed by atoms with Crippen molar-refractivity contribution in [1.82, 2.24) is 9.55 Å². The van der Waals surface area contributed by atoms with Gasteiger partial charge in [0.15, 0.2) is 0 Å². The predicted octanol–water partition coefficient (Wildman–Crippen LogP) is 8.60. The van der Waals surface area contributed by atoms with Gasteiger partial charge in [0, 0.05) is 31.4 Å². The van der Waals surface area contributed by atoms with Crippen molar-refractivity contribution >= 4 is 43.7 Å². The molecule has 0 radical (unpaired) electrons. The molecule has 8 rings (SSSR count). The number of aromatic nitrogens is 2. The molecule has 0 bridgehead atoms. The zero-order chi connectivity index (χ0) is 26.5. The van der Waals surface area contributed by atoms with Crippen molar-refractivity contribution < 1.29 is 0 Å². The van der Waals surface area contributed by atoms with Gasteiger partial charge in [-0.3, -0.25) is 4.57 Å². The Hall–Kier alpha value is -4.73. The number of nitrogens with zero attached hydrogens (tertiary/aromatic N) is 2. The lowest BCUT2D eigenvalue weighted by atomic mass is 9.99. The maximum Gasteiger partial charge on any atom is 0.145 e. The number of benzene rings is 5. The highest BCUT2D eigenvalue weighted by Gasteiger charge is 2.16. The average Bonchev–Trinajstić information content (AvgIpc) is 3.61. The molecule has 2 nitrogen and oxygen atoms in total. The maximum absolute atomic E-state index is 5.10. The van der Waals surface area contributed by atoms with E-state index in [0.29, 0.717) is 0 Å². The van der Waals surface area contributed by atoms with Crippen molar-refractivity contribution in [2.24, 2.45) is 0 Å². The van der Waals surface area contributed by atoms with Crippen LogP contribution in [0, 0.1) is 0 Å². The van der Waals surface area contributed by atoms with Crippen LogP contribution in [0.5, 0.6) is 0 Å². The molecule has 1 aliphatic carbocycles. The second-order valence-corrected chi connectivity index (χ2v) is 11.3. The van der Waals surface area contributed by atoms with Crippen LogP contribution in [-0.4, -0.2) is 9.55 Å². The van der Waals surface area contributed by atoms with Gasteiger partial charge < -0.3 is 0 Å². The van der Waals surface area contributed by atoms with Crippen molar-refractivity contribution in [3.63, 3.8) is 0 Å². The zero-order valence-electron chi connectivity index (χ0n) is 21.9. The van der Waals surface area contributed by atoms with Crippen molar-refractivity contribution in [1.29, 1.82) is 0 Å². The van der Waals surface area contributed by atoms with E-state index in [1.54, 1.807) is 0 Å². The third kappa shape index (κ3) is 3.74. The summed E-state index contributed by atoms with van der Waals surface area (Å²) >= 11 is 1.90. The third-order valence-corrected chi connectivity index (χ3v) is 9.15. The summed E-state index contributed by atoms with van der Waals surface area (Å²) < 4.78 is 4.98. The van der Waals surface area contributed by atoms with Crippen LogP contribution in [0.2, 0.25) is 0 Å². The minimum Gasteiger partial charge on any atom is -0.293 e. The molecule has 3 heteroatoms. The summed E-state index contributed by atoms with van der Waals surface area (Å²) in [5.74, 6) is 0.990. The van der Waals surface area contributed by atoms with Gasteiger partial charge in [0.1, 0.15) is 5.82 Å². The molecule has 0 N–H and O–H groups in total. The Morgan fingerprint density at radius 3 is 1.77 bits per heavy atom. The van der Waals surface area contributed by atoms with E-state index in [4.69, 9.17) is 4.98 Å². The van der Waals surface area contributed by atoms with Gasteiger partial charge in [-0.15, -0.1) is 11.3 Å². The monoisotopic (exact) mass is 530 g/mol. The van der Waals surface area contributed by atoms with Gasteiger partial charge in [-0.25, -0.2) is 4.98 Å². The third-order valence-electron chi connectivity index (χ3n) is 7.86. The lowest BCUT2D eigenvalue weighted by molar-refractivity contribution is 1.00. The van der Waals surface area contributed by atoms with Crippen LogP contribution in [0.4, 0.5) is 0 Å². The number of imidazole rings is 1. The van der Waals surface area contributed by atoms with Crippen LogP contribution in [0.3, 0.4) is 0 Å². The molecule has 1 aliphatic rings.